The zero-order valence-electron chi connectivity index (χ0n) is 21.8. The lowest BCUT2D eigenvalue weighted by atomic mass is 9.93. The molecule has 2 aromatic carbocycles. The van der Waals surface area contributed by atoms with E-state index in [1.54, 1.807) is 60.5 Å². The fraction of sp³-hybridized carbons (Fsp3) is 0.129. The van der Waals surface area contributed by atoms with Crippen LogP contribution in [0.15, 0.2) is 96.0 Å². The van der Waals surface area contributed by atoms with Gasteiger partial charge >= 0.3 is 0 Å². The topological polar surface area (TPSA) is 101 Å². The van der Waals surface area contributed by atoms with Crippen LogP contribution in [0.1, 0.15) is 25.0 Å². The fourth-order valence-electron chi connectivity index (χ4n) is 4.45. The zero-order valence-corrected chi connectivity index (χ0v) is 22.6. The Hall–Kier alpha value is -5.00. The maximum atomic E-state index is 13.7. The monoisotopic (exact) mass is 549 g/mol. The molecule has 0 fully saturated rings. The van der Waals surface area contributed by atoms with Crippen molar-refractivity contribution in [3.63, 3.8) is 0 Å². The second kappa shape index (κ2) is 11.4. The zero-order chi connectivity index (χ0) is 28.2. The fourth-order valence-corrected chi connectivity index (χ4v) is 4.69. The number of imide groups is 1. The first-order valence-electron chi connectivity index (χ1n) is 12.6. The first kappa shape index (κ1) is 26.6. The summed E-state index contributed by atoms with van der Waals surface area (Å²) in [5.74, 6) is -0.585. The van der Waals surface area contributed by atoms with Gasteiger partial charge in [0.05, 0.1) is 23.9 Å². The standard InChI is InChI=1S/C31H24ClN5O3/c1-3-40-28-12-11-22(15-27(28)32)29-23(19-37(35-29)24-9-5-4-6-10-24)14-25-20(2)26(16-33)31(39)36(30(25)38)18-21-8-7-13-34-17-21/h4-15,17,19H,3,18H2,1-2H3/b25-14+. The second-order valence-electron chi connectivity index (χ2n) is 9.02. The highest BCUT2D eigenvalue weighted by atomic mass is 35.5. The third kappa shape index (κ3) is 5.15. The molecule has 0 atom stereocenters. The summed E-state index contributed by atoms with van der Waals surface area (Å²) in [4.78, 5) is 32.0. The average molecular weight is 550 g/mol. The van der Waals surface area contributed by atoms with Crippen LogP contribution in [0, 0.1) is 11.3 Å². The minimum atomic E-state index is -0.635. The van der Waals surface area contributed by atoms with E-state index in [1.807, 2.05) is 49.4 Å². The van der Waals surface area contributed by atoms with E-state index in [-0.39, 0.29) is 17.7 Å². The molecule has 4 aromatic rings. The van der Waals surface area contributed by atoms with Gasteiger partial charge in [-0.25, -0.2) is 4.68 Å². The smallest absolute Gasteiger partial charge is 0.271 e. The van der Waals surface area contributed by atoms with Crippen molar-refractivity contribution in [1.82, 2.24) is 19.7 Å². The maximum Gasteiger partial charge on any atom is 0.271 e. The summed E-state index contributed by atoms with van der Waals surface area (Å²) in [7, 11) is 0. The van der Waals surface area contributed by atoms with Crippen LogP contribution >= 0.6 is 11.6 Å². The Bertz CT molecular complexity index is 1700. The van der Waals surface area contributed by atoms with Gasteiger partial charge in [-0.2, -0.15) is 10.4 Å². The Morgan fingerprint density at radius 1 is 1.07 bits per heavy atom. The van der Waals surface area contributed by atoms with Gasteiger partial charge in [0.2, 0.25) is 0 Å². The number of nitrogens with zero attached hydrogens (tertiary/aromatic N) is 5. The largest absolute Gasteiger partial charge is 0.492 e. The summed E-state index contributed by atoms with van der Waals surface area (Å²) in [5.41, 5.74) is 3.82. The van der Waals surface area contributed by atoms with Crippen LogP contribution in [0.5, 0.6) is 5.75 Å². The molecule has 40 heavy (non-hydrogen) atoms. The molecule has 2 aromatic heterocycles. The van der Waals surface area contributed by atoms with Crippen molar-refractivity contribution in [3.05, 3.63) is 112 Å². The highest BCUT2D eigenvalue weighted by Gasteiger charge is 2.35. The lowest BCUT2D eigenvalue weighted by Crippen LogP contribution is -2.42. The van der Waals surface area contributed by atoms with Crippen LogP contribution in [-0.2, 0) is 16.1 Å². The summed E-state index contributed by atoms with van der Waals surface area (Å²) in [5, 5.41) is 15.1. The summed E-state index contributed by atoms with van der Waals surface area (Å²) in [6, 6.07) is 20.4. The van der Waals surface area contributed by atoms with E-state index in [4.69, 9.17) is 21.4 Å². The minimum absolute atomic E-state index is 0.00800. The van der Waals surface area contributed by atoms with Gasteiger partial charge in [-0.1, -0.05) is 35.9 Å². The van der Waals surface area contributed by atoms with Crippen LogP contribution in [0.2, 0.25) is 5.02 Å². The van der Waals surface area contributed by atoms with Crippen LogP contribution in [0.4, 0.5) is 0 Å². The number of para-hydroxylation sites is 1. The number of rotatable bonds is 7. The van der Waals surface area contributed by atoms with Gasteiger partial charge in [-0.3, -0.25) is 19.5 Å². The molecule has 198 valence electrons. The predicted molar refractivity (Wildman–Crippen MR) is 151 cm³/mol. The van der Waals surface area contributed by atoms with Crippen molar-refractivity contribution in [2.45, 2.75) is 20.4 Å². The third-order valence-corrected chi connectivity index (χ3v) is 6.75. The molecule has 1 aliphatic heterocycles. The van der Waals surface area contributed by atoms with Gasteiger partial charge in [0.15, 0.2) is 0 Å². The number of pyridine rings is 1. The van der Waals surface area contributed by atoms with E-state index in [2.05, 4.69) is 4.98 Å². The first-order chi connectivity index (χ1) is 19.4. The Labute approximate surface area is 236 Å². The van der Waals surface area contributed by atoms with Crippen molar-refractivity contribution < 1.29 is 14.3 Å². The number of halogens is 1. The number of aromatic nitrogens is 3. The van der Waals surface area contributed by atoms with E-state index in [0.29, 0.717) is 45.3 Å². The Morgan fingerprint density at radius 3 is 2.55 bits per heavy atom. The molecule has 3 heterocycles. The molecule has 0 aliphatic carbocycles. The SMILES string of the molecule is CCOc1ccc(-c2nn(-c3ccccc3)cc2/C=C2/C(=O)N(Cc3cccnc3)C(=O)C(C#N)=C2C)cc1Cl. The maximum absolute atomic E-state index is 13.7. The van der Waals surface area contributed by atoms with Crippen molar-refractivity contribution >= 4 is 29.5 Å². The molecular formula is C31H24ClN5O3. The normalized spacial score (nSPS) is 14.6. The summed E-state index contributed by atoms with van der Waals surface area (Å²) in [6.07, 6.45) is 6.66. The summed E-state index contributed by atoms with van der Waals surface area (Å²) >= 11 is 6.50. The van der Waals surface area contributed by atoms with Crippen molar-refractivity contribution in [2.24, 2.45) is 0 Å². The Kier molecular flexibility index (Phi) is 7.58. The molecule has 0 radical (unpaired) electrons. The number of carbonyl (C=O) groups is 2. The average Bonchev–Trinajstić information content (AvgIpc) is 3.40. The number of hydrogen-bond acceptors (Lipinski definition) is 6. The highest BCUT2D eigenvalue weighted by molar-refractivity contribution is 6.32. The van der Waals surface area contributed by atoms with Crippen molar-refractivity contribution in [2.75, 3.05) is 6.61 Å². The Morgan fingerprint density at radius 2 is 1.88 bits per heavy atom. The van der Waals surface area contributed by atoms with Gasteiger partial charge in [0.1, 0.15) is 23.1 Å². The van der Waals surface area contributed by atoms with Crippen molar-refractivity contribution in [1.29, 1.82) is 5.26 Å². The van der Waals surface area contributed by atoms with E-state index < -0.39 is 11.8 Å². The third-order valence-electron chi connectivity index (χ3n) is 6.46. The number of amides is 2. The van der Waals surface area contributed by atoms with E-state index >= 15 is 0 Å². The van der Waals surface area contributed by atoms with Crippen LogP contribution in [-0.4, -0.2) is 38.1 Å². The van der Waals surface area contributed by atoms with Crippen LogP contribution in [0.25, 0.3) is 23.0 Å². The quantitative estimate of drug-likeness (QED) is 0.214. The van der Waals surface area contributed by atoms with E-state index in [0.717, 1.165) is 10.6 Å². The number of benzene rings is 2. The molecule has 0 bridgehead atoms. The van der Waals surface area contributed by atoms with Crippen molar-refractivity contribution in [3.8, 4) is 28.8 Å². The first-order valence-corrected chi connectivity index (χ1v) is 12.9. The molecule has 1 aliphatic rings. The predicted octanol–water partition coefficient (Wildman–Crippen LogP) is 5.78. The van der Waals surface area contributed by atoms with Gasteiger partial charge in [0.25, 0.3) is 11.8 Å². The molecule has 8 nitrogen and oxygen atoms in total. The molecule has 9 heteroatoms. The molecule has 0 N–H and O–H groups in total. The van der Waals surface area contributed by atoms with E-state index in [9.17, 15) is 14.9 Å². The highest BCUT2D eigenvalue weighted by Crippen LogP contribution is 2.34. The lowest BCUT2D eigenvalue weighted by molar-refractivity contribution is -0.141. The molecule has 2 amide bonds. The molecule has 0 saturated heterocycles. The number of hydrogen-bond donors (Lipinski definition) is 0. The van der Waals surface area contributed by atoms with Crippen LogP contribution < -0.4 is 4.74 Å². The van der Waals surface area contributed by atoms with Gasteiger partial charge in [0, 0.05) is 35.3 Å². The lowest BCUT2D eigenvalue weighted by Gasteiger charge is -2.27. The minimum Gasteiger partial charge on any atom is -0.492 e. The Balaban J connectivity index is 1.65. The number of carbonyl (C=O) groups excluding carboxylic acids is 2. The van der Waals surface area contributed by atoms with Gasteiger partial charge in [-0.15, -0.1) is 0 Å². The van der Waals surface area contributed by atoms with Crippen LogP contribution in [0.3, 0.4) is 0 Å². The van der Waals surface area contributed by atoms with Gasteiger partial charge in [-0.05, 0) is 67.5 Å². The molecule has 0 spiro atoms. The number of ether oxygens (including phenoxy) is 1. The molecule has 0 saturated carbocycles. The summed E-state index contributed by atoms with van der Waals surface area (Å²) < 4.78 is 7.29. The van der Waals surface area contributed by atoms with E-state index in [1.165, 1.54) is 0 Å². The summed E-state index contributed by atoms with van der Waals surface area (Å²) in [6.45, 7) is 3.95. The number of nitriles is 1. The molecule has 0 unspecified atom stereocenters. The molecular weight excluding hydrogens is 526 g/mol. The van der Waals surface area contributed by atoms with Gasteiger partial charge < -0.3 is 4.74 Å². The second-order valence-corrected chi connectivity index (χ2v) is 9.43. The molecule has 5 rings (SSSR count).